The van der Waals surface area contributed by atoms with Crippen LogP contribution in [-0.4, -0.2) is 15.5 Å². The molecule has 0 aliphatic heterocycles. The lowest BCUT2D eigenvalue weighted by atomic mass is 10.1. The third kappa shape index (κ3) is 3.28. The molecule has 114 valence electrons. The van der Waals surface area contributed by atoms with E-state index in [1.807, 2.05) is 13.8 Å². The van der Waals surface area contributed by atoms with Crippen molar-refractivity contribution in [2.45, 2.75) is 31.7 Å². The molecule has 0 spiro atoms. The standard InChI is InChI=1S/C15H19NO4S/c1-10-8-14(19-4)15(9-11(10)2)21(17,18)16-12(3)13-6-5-7-20-13/h5-9,12,16H,1-4H3. The number of hydrogen-bond donors (Lipinski definition) is 1. The highest BCUT2D eigenvalue weighted by Gasteiger charge is 2.24. The minimum absolute atomic E-state index is 0.131. The van der Waals surface area contributed by atoms with Crippen LogP contribution in [0.15, 0.2) is 39.8 Å². The Morgan fingerprint density at radius 2 is 1.90 bits per heavy atom. The maximum Gasteiger partial charge on any atom is 0.244 e. The van der Waals surface area contributed by atoms with Gasteiger partial charge in [-0.1, -0.05) is 0 Å². The molecule has 1 unspecified atom stereocenters. The minimum atomic E-state index is -3.70. The van der Waals surface area contributed by atoms with E-state index in [1.165, 1.54) is 13.4 Å². The molecular weight excluding hydrogens is 290 g/mol. The summed E-state index contributed by atoms with van der Waals surface area (Å²) < 4.78 is 38.1. The van der Waals surface area contributed by atoms with Gasteiger partial charge in [0.2, 0.25) is 10.0 Å². The van der Waals surface area contributed by atoms with Gasteiger partial charge in [0.25, 0.3) is 0 Å². The summed E-state index contributed by atoms with van der Waals surface area (Å²) in [6, 6.07) is 6.32. The molecule has 6 heteroatoms. The predicted molar refractivity (Wildman–Crippen MR) is 79.9 cm³/mol. The van der Waals surface area contributed by atoms with Gasteiger partial charge in [0.1, 0.15) is 16.4 Å². The lowest BCUT2D eigenvalue weighted by Gasteiger charge is -2.16. The van der Waals surface area contributed by atoms with E-state index in [4.69, 9.17) is 9.15 Å². The number of furan rings is 1. The smallest absolute Gasteiger partial charge is 0.244 e. The Kier molecular flexibility index (Phi) is 4.39. The number of hydrogen-bond acceptors (Lipinski definition) is 4. The van der Waals surface area contributed by atoms with Gasteiger partial charge < -0.3 is 9.15 Å². The van der Waals surface area contributed by atoms with Gasteiger partial charge in [0, 0.05) is 0 Å². The fourth-order valence-corrected chi connectivity index (χ4v) is 3.47. The van der Waals surface area contributed by atoms with Gasteiger partial charge in [0.15, 0.2) is 0 Å². The molecule has 0 saturated carbocycles. The number of sulfonamides is 1. The van der Waals surface area contributed by atoms with Crippen molar-refractivity contribution >= 4 is 10.0 Å². The highest BCUT2D eigenvalue weighted by atomic mass is 32.2. The molecule has 1 aromatic heterocycles. The summed E-state index contributed by atoms with van der Waals surface area (Å²) in [5.41, 5.74) is 1.87. The third-order valence-electron chi connectivity index (χ3n) is 3.37. The first kappa shape index (κ1) is 15.6. The Morgan fingerprint density at radius 1 is 1.24 bits per heavy atom. The SMILES string of the molecule is COc1cc(C)c(C)cc1S(=O)(=O)NC(C)c1ccco1. The maximum absolute atomic E-state index is 12.5. The summed E-state index contributed by atoms with van der Waals surface area (Å²) >= 11 is 0. The number of rotatable bonds is 5. The van der Waals surface area contributed by atoms with E-state index >= 15 is 0 Å². The van der Waals surface area contributed by atoms with Crippen LogP contribution in [0, 0.1) is 13.8 Å². The summed E-state index contributed by atoms with van der Waals surface area (Å²) in [6.07, 6.45) is 1.51. The number of aryl methyl sites for hydroxylation is 2. The first-order valence-corrected chi connectivity index (χ1v) is 8.04. The maximum atomic E-state index is 12.5. The van der Waals surface area contributed by atoms with Crippen molar-refractivity contribution in [2.75, 3.05) is 7.11 Å². The van der Waals surface area contributed by atoms with Gasteiger partial charge in [-0.2, -0.15) is 0 Å². The van der Waals surface area contributed by atoms with Crippen LogP contribution in [0.3, 0.4) is 0 Å². The second-order valence-electron chi connectivity index (χ2n) is 4.95. The zero-order valence-electron chi connectivity index (χ0n) is 12.5. The molecule has 0 bridgehead atoms. The Hall–Kier alpha value is -1.79. The van der Waals surface area contributed by atoms with E-state index in [-0.39, 0.29) is 4.90 Å². The fraction of sp³-hybridized carbons (Fsp3) is 0.333. The number of nitrogens with one attached hydrogen (secondary N) is 1. The van der Waals surface area contributed by atoms with Crippen molar-refractivity contribution in [3.8, 4) is 5.75 Å². The molecular formula is C15H19NO4S. The average molecular weight is 309 g/mol. The van der Waals surface area contributed by atoms with Crippen LogP contribution in [0.5, 0.6) is 5.75 Å². The zero-order chi connectivity index (χ0) is 15.6. The van der Waals surface area contributed by atoms with E-state index in [0.717, 1.165) is 11.1 Å². The number of ether oxygens (including phenoxy) is 1. The van der Waals surface area contributed by atoms with Crippen LogP contribution in [0.4, 0.5) is 0 Å². The van der Waals surface area contributed by atoms with E-state index in [2.05, 4.69) is 4.72 Å². The van der Waals surface area contributed by atoms with E-state index < -0.39 is 16.1 Å². The molecule has 2 rings (SSSR count). The topological polar surface area (TPSA) is 68.5 Å². The van der Waals surface area contributed by atoms with Crippen LogP contribution < -0.4 is 9.46 Å². The summed E-state index contributed by atoms with van der Waals surface area (Å²) in [5, 5.41) is 0. The largest absolute Gasteiger partial charge is 0.495 e. The van der Waals surface area contributed by atoms with E-state index in [1.54, 1.807) is 31.2 Å². The summed E-state index contributed by atoms with van der Waals surface area (Å²) in [6.45, 7) is 5.50. The Labute approximate surface area is 125 Å². The molecule has 0 amide bonds. The predicted octanol–water partition coefficient (Wildman–Crippen LogP) is 2.94. The zero-order valence-corrected chi connectivity index (χ0v) is 13.3. The van der Waals surface area contributed by atoms with Crippen molar-refractivity contribution in [3.63, 3.8) is 0 Å². The van der Waals surface area contributed by atoms with Gasteiger partial charge in [-0.25, -0.2) is 13.1 Å². The summed E-state index contributed by atoms with van der Waals surface area (Å²) in [4.78, 5) is 0.131. The molecule has 1 N–H and O–H groups in total. The van der Waals surface area contributed by atoms with Crippen molar-refractivity contribution < 1.29 is 17.6 Å². The molecule has 1 heterocycles. The Bertz CT molecular complexity index is 720. The van der Waals surface area contributed by atoms with Crippen LogP contribution in [-0.2, 0) is 10.0 Å². The lowest BCUT2D eigenvalue weighted by molar-refractivity contribution is 0.401. The van der Waals surface area contributed by atoms with Crippen LogP contribution in [0.25, 0.3) is 0 Å². The molecule has 1 aromatic carbocycles. The second-order valence-corrected chi connectivity index (χ2v) is 6.63. The summed E-state index contributed by atoms with van der Waals surface area (Å²) in [7, 11) is -2.25. The molecule has 1 atom stereocenters. The van der Waals surface area contributed by atoms with Gasteiger partial charge in [0.05, 0.1) is 19.4 Å². The van der Waals surface area contributed by atoms with Gasteiger partial charge in [-0.3, -0.25) is 0 Å². The Morgan fingerprint density at radius 3 is 2.48 bits per heavy atom. The molecule has 0 saturated heterocycles. The van der Waals surface area contributed by atoms with Crippen molar-refractivity contribution in [1.29, 1.82) is 0 Å². The molecule has 5 nitrogen and oxygen atoms in total. The first-order chi connectivity index (χ1) is 9.85. The first-order valence-electron chi connectivity index (χ1n) is 6.56. The lowest BCUT2D eigenvalue weighted by Crippen LogP contribution is -2.27. The minimum Gasteiger partial charge on any atom is -0.495 e. The third-order valence-corrected chi connectivity index (χ3v) is 4.93. The highest BCUT2D eigenvalue weighted by molar-refractivity contribution is 7.89. The van der Waals surface area contributed by atoms with E-state index in [9.17, 15) is 8.42 Å². The number of methoxy groups -OCH3 is 1. The van der Waals surface area contributed by atoms with Crippen LogP contribution in [0.2, 0.25) is 0 Å². The monoisotopic (exact) mass is 309 g/mol. The van der Waals surface area contributed by atoms with Crippen LogP contribution >= 0.6 is 0 Å². The Balaban J connectivity index is 2.38. The van der Waals surface area contributed by atoms with E-state index in [0.29, 0.717) is 11.5 Å². The molecule has 0 fully saturated rings. The molecule has 0 radical (unpaired) electrons. The van der Waals surface area contributed by atoms with Gasteiger partial charge in [-0.15, -0.1) is 0 Å². The summed E-state index contributed by atoms with van der Waals surface area (Å²) in [5.74, 6) is 0.888. The molecule has 0 aliphatic carbocycles. The average Bonchev–Trinajstić information content (AvgIpc) is 2.94. The number of benzene rings is 1. The molecule has 21 heavy (non-hydrogen) atoms. The van der Waals surface area contributed by atoms with Crippen molar-refractivity contribution in [2.24, 2.45) is 0 Å². The van der Waals surface area contributed by atoms with Gasteiger partial charge in [-0.05, 0) is 56.2 Å². The van der Waals surface area contributed by atoms with Crippen molar-refractivity contribution in [1.82, 2.24) is 4.72 Å². The van der Waals surface area contributed by atoms with Crippen LogP contribution in [0.1, 0.15) is 29.9 Å². The molecule has 0 aliphatic rings. The quantitative estimate of drug-likeness (QED) is 0.922. The second kappa shape index (κ2) is 5.91. The molecule has 2 aromatic rings. The normalized spacial score (nSPS) is 13.1. The van der Waals surface area contributed by atoms with Gasteiger partial charge >= 0.3 is 0 Å². The van der Waals surface area contributed by atoms with Crippen molar-refractivity contribution in [3.05, 3.63) is 47.4 Å². The fourth-order valence-electron chi connectivity index (χ4n) is 2.02. The highest BCUT2D eigenvalue weighted by Crippen LogP contribution is 2.28.